The molecule has 0 saturated heterocycles. The van der Waals surface area contributed by atoms with Gasteiger partial charge >= 0.3 is 0 Å². The lowest BCUT2D eigenvalue weighted by Crippen LogP contribution is -1.93. The quantitative estimate of drug-likeness (QED) is 0.341. The monoisotopic (exact) mass is 386 g/mol. The molecule has 0 bridgehead atoms. The van der Waals surface area contributed by atoms with E-state index in [1.165, 1.54) is 21.9 Å². The van der Waals surface area contributed by atoms with Gasteiger partial charge in [-0.1, -0.05) is 54.6 Å². The summed E-state index contributed by atoms with van der Waals surface area (Å²) in [5.41, 5.74) is 6.00. The zero-order chi connectivity index (χ0) is 19.9. The summed E-state index contributed by atoms with van der Waals surface area (Å²) in [7, 11) is 0. The molecule has 2 heterocycles. The Balaban J connectivity index is 1.50. The summed E-state index contributed by atoms with van der Waals surface area (Å²) in [6, 6.07) is 33.6. The first kappa shape index (κ1) is 16.8. The van der Waals surface area contributed by atoms with Crippen LogP contribution >= 0.6 is 0 Å². The number of furan rings is 1. The molecule has 4 aromatic carbocycles. The minimum absolute atomic E-state index is 0.668. The Bertz CT molecular complexity index is 1520. The topological polar surface area (TPSA) is 38.1 Å². The number of nitrogens with one attached hydrogen (secondary N) is 1. The molecule has 0 amide bonds. The number of benzene rings is 4. The lowest BCUT2D eigenvalue weighted by Gasteiger charge is -2.13. The van der Waals surface area contributed by atoms with Gasteiger partial charge in [0.25, 0.3) is 0 Å². The van der Waals surface area contributed by atoms with Crippen LogP contribution in [-0.2, 0) is 0 Å². The normalized spacial score (nSPS) is 11.3. The molecular formula is C27H18N2O. The summed E-state index contributed by atoms with van der Waals surface area (Å²) >= 11 is 0. The Morgan fingerprint density at radius 3 is 2.40 bits per heavy atom. The number of pyridine rings is 1. The molecule has 0 saturated carbocycles. The number of anilines is 2. The number of nitrogens with zero attached hydrogens (tertiary/aromatic N) is 1. The van der Waals surface area contributed by atoms with Gasteiger partial charge in [0, 0.05) is 33.7 Å². The molecule has 3 heteroatoms. The predicted molar refractivity (Wildman–Crippen MR) is 124 cm³/mol. The van der Waals surface area contributed by atoms with E-state index in [1.54, 1.807) is 6.20 Å². The van der Waals surface area contributed by atoms with Crippen LogP contribution in [-0.4, -0.2) is 4.98 Å². The van der Waals surface area contributed by atoms with Crippen LogP contribution in [0.1, 0.15) is 0 Å². The predicted octanol–water partition coefficient (Wildman–Crippen LogP) is 7.54. The Morgan fingerprint density at radius 1 is 0.633 bits per heavy atom. The summed E-state index contributed by atoms with van der Waals surface area (Å²) in [4.78, 5) is 4.33. The standard InChI is InChI=1S/C27H18N2O/c1-2-7-18(8-3-1)20-15-19-9-4-5-10-22(19)25(16-20)29-21-12-13-26-24(17-21)23-11-6-14-28-27(23)30-26/h1-17,29H. The van der Waals surface area contributed by atoms with E-state index in [2.05, 4.69) is 83.1 Å². The molecule has 6 rings (SSSR count). The fourth-order valence-electron chi connectivity index (χ4n) is 4.06. The van der Waals surface area contributed by atoms with Gasteiger partial charge in [-0.2, -0.15) is 0 Å². The van der Waals surface area contributed by atoms with Crippen molar-refractivity contribution in [2.75, 3.05) is 5.32 Å². The van der Waals surface area contributed by atoms with E-state index in [0.29, 0.717) is 5.71 Å². The highest BCUT2D eigenvalue weighted by molar-refractivity contribution is 6.05. The second-order valence-corrected chi connectivity index (χ2v) is 7.41. The molecule has 0 radical (unpaired) electrons. The van der Waals surface area contributed by atoms with Gasteiger partial charge in [-0.25, -0.2) is 4.98 Å². The van der Waals surface area contributed by atoms with Crippen molar-refractivity contribution in [2.45, 2.75) is 0 Å². The van der Waals surface area contributed by atoms with Gasteiger partial charge in [0.1, 0.15) is 5.58 Å². The zero-order valence-corrected chi connectivity index (χ0v) is 16.2. The van der Waals surface area contributed by atoms with Gasteiger partial charge in [0.05, 0.1) is 0 Å². The van der Waals surface area contributed by atoms with Crippen molar-refractivity contribution in [3.05, 3.63) is 103 Å². The van der Waals surface area contributed by atoms with Crippen molar-refractivity contribution >= 4 is 44.2 Å². The molecule has 0 atom stereocenters. The highest BCUT2D eigenvalue weighted by atomic mass is 16.3. The van der Waals surface area contributed by atoms with Crippen molar-refractivity contribution in [3.63, 3.8) is 0 Å². The molecule has 6 aromatic rings. The number of hydrogen-bond donors (Lipinski definition) is 1. The molecule has 1 N–H and O–H groups in total. The molecular weight excluding hydrogens is 368 g/mol. The Morgan fingerprint density at radius 2 is 1.47 bits per heavy atom. The van der Waals surface area contributed by atoms with Gasteiger partial charge < -0.3 is 9.73 Å². The molecule has 0 aliphatic carbocycles. The van der Waals surface area contributed by atoms with Gasteiger partial charge in [0.2, 0.25) is 5.71 Å². The summed E-state index contributed by atoms with van der Waals surface area (Å²) in [6.45, 7) is 0. The number of hydrogen-bond acceptors (Lipinski definition) is 3. The fraction of sp³-hybridized carbons (Fsp3) is 0. The lowest BCUT2D eigenvalue weighted by atomic mass is 9.99. The van der Waals surface area contributed by atoms with Gasteiger partial charge in [-0.05, 0) is 59.0 Å². The van der Waals surface area contributed by atoms with Crippen LogP contribution in [0.2, 0.25) is 0 Å². The van der Waals surface area contributed by atoms with Crippen LogP contribution in [0.15, 0.2) is 108 Å². The molecule has 0 aliphatic rings. The summed E-state index contributed by atoms with van der Waals surface area (Å²) in [5, 5.41) is 8.13. The third-order valence-corrected chi connectivity index (χ3v) is 5.50. The maximum absolute atomic E-state index is 5.87. The molecule has 2 aromatic heterocycles. The Hall–Kier alpha value is -4.11. The Kier molecular flexibility index (Phi) is 3.78. The van der Waals surface area contributed by atoms with Gasteiger partial charge in [0.15, 0.2) is 0 Å². The van der Waals surface area contributed by atoms with E-state index >= 15 is 0 Å². The molecule has 3 nitrogen and oxygen atoms in total. The first-order valence-electron chi connectivity index (χ1n) is 9.98. The highest BCUT2D eigenvalue weighted by Crippen LogP contribution is 2.35. The molecule has 30 heavy (non-hydrogen) atoms. The van der Waals surface area contributed by atoms with E-state index < -0.39 is 0 Å². The van der Waals surface area contributed by atoms with Crippen molar-refractivity contribution in [1.29, 1.82) is 0 Å². The maximum atomic E-state index is 5.87. The number of fused-ring (bicyclic) bond motifs is 4. The summed E-state index contributed by atoms with van der Waals surface area (Å²) in [5.74, 6) is 0. The van der Waals surface area contributed by atoms with Crippen molar-refractivity contribution < 1.29 is 4.42 Å². The molecule has 0 fully saturated rings. The smallest absolute Gasteiger partial charge is 0.227 e. The van der Waals surface area contributed by atoms with Crippen LogP contribution < -0.4 is 5.32 Å². The first-order chi connectivity index (χ1) is 14.8. The van der Waals surface area contributed by atoms with E-state index in [9.17, 15) is 0 Å². The largest absolute Gasteiger partial charge is 0.438 e. The van der Waals surface area contributed by atoms with Crippen LogP contribution in [0.4, 0.5) is 11.4 Å². The number of rotatable bonds is 3. The van der Waals surface area contributed by atoms with E-state index in [0.717, 1.165) is 27.7 Å². The second-order valence-electron chi connectivity index (χ2n) is 7.41. The van der Waals surface area contributed by atoms with Crippen LogP contribution in [0.25, 0.3) is 44.0 Å². The van der Waals surface area contributed by atoms with Crippen molar-refractivity contribution in [3.8, 4) is 11.1 Å². The first-order valence-corrected chi connectivity index (χ1v) is 9.98. The minimum atomic E-state index is 0.668. The van der Waals surface area contributed by atoms with Crippen LogP contribution in [0.3, 0.4) is 0 Å². The lowest BCUT2D eigenvalue weighted by molar-refractivity contribution is 0.654. The van der Waals surface area contributed by atoms with E-state index in [4.69, 9.17) is 4.42 Å². The van der Waals surface area contributed by atoms with E-state index in [-0.39, 0.29) is 0 Å². The zero-order valence-electron chi connectivity index (χ0n) is 16.2. The third kappa shape index (κ3) is 2.80. The molecule has 142 valence electrons. The molecule has 0 spiro atoms. The minimum Gasteiger partial charge on any atom is -0.438 e. The van der Waals surface area contributed by atoms with Crippen LogP contribution in [0.5, 0.6) is 0 Å². The van der Waals surface area contributed by atoms with Gasteiger partial charge in [-0.15, -0.1) is 0 Å². The van der Waals surface area contributed by atoms with Crippen molar-refractivity contribution in [1.82, 2.24) is 4.98 Å². The van der Waals surface area contributed by atoms with Crippen molar-refractivity contribution in [2.24, 2.45) is 0 Å². The third-order valence-electron chi connectivity index (χ3n) is 5.50. The molecule has 0 unspecified atom stereocenters. The Labute approximate surface area is 173 Å². The maximum Gasteiger partial charge on any atom is 0.227 e. The average molecular weight is 386 g/mol. The SMILES string of the molecule is c1ccc(-c2cc(Nc3ccc4oc5ncccc5c4c3)c3ccccc3c2)cc1. The fourth-order valence-corrected chi connectivity index (χ4v) is 4.06. The summed E-state index contributed by atoms with van der Waals surface area (Å²) in [6.07, 6.45) is 1.76. The van der Waals surface area contributed by atoms with E-state index in [1.807, 2.05) is 24.3 Å². The van der Waals surface area contributed by atoms with Gasteiger partial charge in [-0.3, -0.25) is 0 Å². The second kappa shape index (κ2) is 6.75. The summed E-state index contributed by atoms with van der Waals surface area (Å²) < 4.78 is 5.87. The van der Waals surface area contributed by atoms with Crippen LogP contribution in [0, 0.1) is 0 Å². The molecule has 0 aliphatic heterocycles. The average Bonchev–Trinajstić information content (AvgIpc) is 3.18. The number of aromatic nitrogens is 1. The highest BCUT2D eigenvalue weighted by Gasteiger charge is 2.10.